The third-order valence-corrected chi connectivity index (χ3v) is 5.04. The fourth-order valence-electron chi connectivity index (χ4n) is 3.04. The van der Waals surface area contributed by atoms with Crippen LogP contribution in [0.4, 0.5) is 5.69 Å². The van der Waals surface area contributed by atoms with Gasteiger partial charge in [-0.15, -0.1) is 0 Å². The molecule has 1 aromatic carbocycles. The van der Waals surface area contributed by atoms with Crippen LogP contribution in [0.1, 0.15) is 44.6 Å². The van der Waals surface area contributed by atoms with Crippen LogP contribution >= 0.6 is 15.9 Å². The highest BCUT2D eigenvalue weighted by Gasteiger charge is 2.16. The van der Waals surface area contributed by atoms with Crippen molar-refractivity contribution in [3.63, 3.8) is 0 Å². The smallest absolute Gasteiger partial charge is 0.0375 e. The number of hydrogen-bond acceptors (Lipinski definition) is 2. The van der Waals surface area contributed by atoms with E-state index in [0.717, 1.165) is 19.0 Å². The number of anilines is 1. The van der Waals surface area contributed by atoms with E-state index in [1.165, 1.54) is 54.4 Å². The van der Waals surface area contributed by atoms with Gasteiger partial charge in [-0.25, -0.2) is 0 Å². The predicted octanol–water partition coefficient (Wildman–Crippen LogP) is 4.58. The molecule has 0 saturated heterocycles. The topological polar surface area (TPSA) is 15.3 Å². The highest BCUT2D eigenvalue weighted by Crippen LogP contribution is 2.28. The standard InChI is InChI=1S/C17H27BrN2/c1-3-19-12-15-9-10-16(11-17(15)18)20(2)13-14-7-5-4-6-8-14/h9-11,14,19H,3-8,12-13H2,1-2H3. The highest BCUT2D eigenvalue weighted by atomic mass is 79.9. The monoisotopic (exact) mass is 338 g/mol. The van der Waals surface area contributed by atoms with Crippen molar-refractivity contribution < 1.29 is 0 Å². The first-order valence-corrected chi connectivity index (χ1v) is 8.70. The van der Waals surface area contributed by atoms with Gasteiger partial charge in [-0.05, 0) is 43.0 Å². The summed E-state index contributed by atoms with van der Waals surface area (Å²) in [4.78, 5) is 2.41. The third kappa shape index (κ3) is 4.49. The zero-order chi connectivity index (χ0) is 14.4. The average Bonchev–Trinajstić information content (AvgIpc) is 2.47. The molecule has 20 heavy (non-hydrogen) atoms. The van der Waals surface area contributed by atoms with Crippen molar-refractivity contribution in [2.75, 3.05) is 25.0 Å². The molecule has 0 aliphatic heterocycles. The Morgan fingerprint density at radius 2 is 2.00 bits per heavy atom. The Morgan fingerprint density at radius 3 is 2.65 bits per heavy atom. The molecule has 0 unspecified atom stereocenters. The molecule has 0 heterocycles. The van der Waals surface area contributed by atoms with Gasteiger partial charge in [0, 0.05) is 30.3 Å². The summed E-state index contributed by atoms with van der Waals surface area (Å²) in [5, 5.41) is 3.38. The number of halogens is 1. The molecular formula is C17H27BrN2. The van der Waals surface area contributed by atoms with Crippen LogP contribution in [0, 0.1) is 5.92 Å². The minimum absolute atomic E-state index is 0.883. The van der Waals surface area contributed by atoms with E-state index >= 15 is 0 Å². The summed E-state index contributed by atoms with van der Waals surface area (Å²) in [6, 6.07) is 6.75. The van der Waals surface area contributed by atoms with Gasteiger partial charge in [0.2, 0.25) is 0 Å². The second kappa shape index (κ2) is 8.04. The summed E-state index contributed by atoms with van der Waals surface area (Å²) in [6.07, 6.45) is 7.09. The molecule has 112 valence electrons. The van der Waals surface area contributed by atoms with E-state index < -0.39 is 0 Å². The van der Waals surface area contributed by atoms with Gasteiger partial charge in [0.15, 0.2) is 0 Å². The third-order valence-electron chi connectivity index (χ3n) is 4.30. The molecule has 1 aliphatic rings. The van der Waals surface area contributed by atoms with Crippen LogP contribution < -0.4 is 10.2 Å². The maximum atomic E-state index is 3.70. The number of nitrogens with one attached hydrogen (secondary N) is 1. The van der Waals surface area contributed by atoms with Crippen molar-refractivity contribution >= 4 is 21.6 Å². The zero-order valence-corrected chi connectivity index (χ0v) is 14.4. The Kier molecular flexibility index (Phi) is 6.37. The van der Waals surface area contributed by atoms with Gasteiger partial charge >= 0.3 is 0 Å². The Balaban J connectivity index is 1.95. The lowest BCUT2D eigenvalue weighted by Gasteiger charge is -2.28. The fraction of sp³-hybridized carbons (Fsp3) is 0.647. The summed E-state index contributed by atoms with van der Waals surface area (Å²) in [5.74, 6) is 0.883. The van der Waals surface area contributed by atoms with Gasteiger partial charge in [-0.3, -0.25) is 0 Å². The summed E-state index contributed by atoms with van der Waals surface area (Å²) in [7, 11) is 2.22. The molecular weight excluding hydrogens is 312 g/mol. The summed E-state index contributed by atoms with van der Waals surface area (Å²) < 4.78 is 1.21. The minimum atomic E-state index is 0.883. The van der Waals surface area contributed by atoms with Crippen molar-refractivity contribution in [3.05, 3.63) is 28.2 Å². The molecule has 1 N–H and O–H groups in total. The van der Waals surface area contributed by atoms with E-state index in [9.17, 15) is 0 Å². The maximum Gasteiger partial charge on any atom is 0.0375 e. The molecule has 1 aromatic rings. The first kappa shape index (κ1) is 15.8. The van der Waals surface area contributed by atoms with Crippen LogP contribution in [0.5, 0.6) is 0 Å². The first-order chi connectivity index (χ1) is 9.70. The number of nitrogens with zero attached hydrogens (tertiary/aromatic N) is 1. The molecule has 0 atom stereocenters. The SMILES string of the molecule is CCNCc1ccc(N(C)CC2CCCCC2)cc1Br. The second-order valence-corrected chi connectivity index (χ2v) is 6.79. The molecule has 1 saturated carbocycles. The van der Waals surface area contributed by atoms with E-state index in [0.29, 0.717) is 0 Å². The van der Waals surface area contributed by atoms with Gasteiger partial charge in [0.1, 0.15) is 0 Å². The van der Waals surface area contributed by atoms with Crippen molar-refractivity contribution in [1.29, 1.82) is 0 Å². The predicted molar refractivity (Wildman–Crippen MR) is 91.4 cm³/mol. The van der Waals surface area contributed by atoms with Crippen molar-refractivity contribution in [1.82, 2.24) is 5.32 Å². The molecule has 1 fully saturated rings. The van der Waals surface area contributed by atoms with Gasteiger partial charge < -0.3 is 10.2 Å². The van der Waals surface area contributed by atoms with Crippen LogP contribution in [0.25, 0.3) is 0 Å². The number of benzene rings is 1. The molecule has 0 amide bonds. The number of rotatable bonds is 6. The maximum absolute atomic E-state index is 3.70. The molecule has 0 bridgehead atoms. The fourth-order valence-corrected chi connectivity index (χ4v) is 3.55. The Bertz CT molecular complexity index is 413. The molecule has 2 rings (SSSR count). The first-order valence-electron chi connectivity index (χ1n) is 7.91. The van der Waals surface area contributed by atoms with Crippen LogP contribution in [0.2, 0.25) is 0 Å². The second-order valence-electron chi connectivity index (χ2n) is 5.94. The quantitative estimate of drug-likeness (QED) is 0.816. The van der Waals surface area contributed by atoms with Crippen molar-refractivity contribution in [3.8, 4) is 0 Å². The molecule has 0 spiro atoms. The van der Waals surface area contributed by atoms with Crippen LogP contribution in [-0.4, -0.2) is 20.1 Å². The van der Waals surface area contributed by atoms with E-state index in [-0.39, 0.29) is 0 Å². The lowest BCUT2D eigenvalue weighted by Crippen LogP contribution is -2.26. The largest absolute Gasteiger partial charge is 0.374 e. The van der Waals surface area contributed by atoms with E-state index in [2.05, 4.69) is 58.3 Å². The van der Waals surface area contributed by atoms with Crippen LogP contribution in [-0.2, 0) is 6.54 Å². The van der Waals surface area contributed by atoms with Crippen LogP contribution in [0.15, 0.2) is 22.7 Å². The highest BCUT2D eigenvalue weighted by molar-refractivity contribution is 9.10. The summed E-state index contributed by atoms with van der Waals surface area (Å²) >= 11 is 3.70. The molecule has 2 nitrogen and oxygen atoms in total. The lowest BCUT2D eigenvalue weighted by atomic mass is 9.89. The molecule has 3 heteroatoms. The Morgan fingerprint density at radius 1 is 1.25 bits per heavy atom. The van der Waals surface area contributed by atoms with E-state index in [1.54, 1.807) is 0 Å². The summed E-state index contributed by atoms with van der Waals surface area (Å²) in [6.45, 7) is 5.28. The van der Waals surface area contributed by atoms with Gasteiger partial charge in [-0.2, -0.15) is 0 Å². The van der Waals surface area contributed by atoms with Crippen LogP contribution in [0.3, 0.4) is 0 Å². The van der Waals surface area contributed by atoms with Gasteiger partial charge in [0.05, 0.1) is 0 Å². The molecule has 1 aliphatic carbocycles. The number of hydrogen-bond donors (Lipinski definition) is 1. The lowest BCUT2D eigenvalue weighted by molar-refractivity contribution is 0.362. The average molecular weight is 339 g/mol. The zero-order valence-electron chi connectivity index (χ0n) is 12.8. The molecule has 0 aromatic heterocycles. The van der Waals surface area contributed by atoms with E-state index in [1.807, 2.05) is 0 Å². The van der Waals surface area contributed by atoms with Crippen molar-refractivity contribution in [2.45, 2.75) is 45.6 Å². The van der Waals surface area contributed by atoms with E-state index in [4.69, 9.17) is 0 Å². The summed E-state index contributed by atoms with van der Waals surface area (Å²) in [5.41, 5.74) is 2.66. The van der Waals surface area contributed by atoms with Gasteiger partial charge in [0.25, 0.3) is 0 Å². The minimum Gasteiger partial charge on any atom is -0.374 e. The van der Waals surface area contributed by atoms with Gasteiger partial charge in [-0.1, -0.05) is 48.2 Å². The Labute approximate surface area is 132 Å². The normalized spacial score (nSPS) is 16.4. The molecule has 0 radical (unpaired) electrons. The van der Waals surface area contributed by atoms with Crippen molar-refractivity contribution in [2.24, 2.45) is 5.92 Å². The Hall–Kier alpha value is -0.540.